The Balaban J connectivity index is 1.62. The maximum Gasteiger partial charge on any atom is 0.237 e. The van der Waals surface area contributed by atoms with Crippen molar-refractivity contribution in [1.82, 2.24) is 0 Å². The molecule has 0 aromatic heterocycles. The molecule has 0 unspecified atom stereocenters. The van der Waals surface area contributed by atoms with Crippen molar-refractivity contribution in [3.8, 4) is 29.0 Å². The summed E-state index contributed by atoms with van der Waals surface area (Å²) in [4.78, 5) is 0. The molecule has 0 amide bonds. The third kappa shape index (κ3) is 4.94. The second-order valence-corrected chi connectivity index (χ2v) is 5.67. The van der Waals surface area contributed by atoms with Gasteiger partial charge in [-0.25, -0.2) is 0 Å². The van der Waals surface area contributed by atoms with Crippen molar-refractivity contribution in [2.75, 3.05) is 5.43 Å². The maximum atomic E-state index is 8.67. The van der Waals surface area contributed by atoms with E-state index in [0.717, 1.165) is 22.4 Å². The van der Waals surface area contributed by atoms with Gasteiger partial charge in [-0.15, -0.1) is 0 Å². The van der Waals surface area contributed by atoms with Gasteiger partial charge in [0.15, 0.2) is 0 Å². The summed E-state index contributed by atoms with van der Waals surface area (Å²) in [6.45, 7) is 0.536. The number of rotatable bonds is 6. The number of hydrazone groups is 1. The van der Waals surface area contributed by atoms with Crippen LogP contribution in [0.2, 0.25) is 0 Å². The van der Waals surface area contributed by atoms with Crippen LogP contribution in [0.15, 0.2) is 84.0 Å². The van der Waals surface area contributed by atoms with Crippen LogP contribution in [0.3, 0.4) is 0 Å². The van der Waals surface area contributed by atoms with Gasteiger partial charge in [0.05, 0.1) is 5.69 Å². The van der Waals surface area contributed by atoms with Crippen molar-refractivity contribution in [2.45, 2.75) is 6.61 Å². The summed E-state index contributed by atoms with van der Waals surface area (Å²) in [6.07, 6.45) is 0. The van der Waals surface area contributed by atoms with E-state index >= 15 is 0 Å². The largest absolute Gasteiger partial charge is 0.489 e. The van der Waals surface area contributed by atoms with Crippen LogP contribution in [0.5, 0.6) is 5.75 Å². The van der Waals surface area contributed by atoms with Crippen molar-refractivity contribution in [3.05, 3.63) is 84.4 Å². The van der Waals surface area contributed by atoms with E-state index in [0.29, 0.717) is 12.3 Å². The third-order valence-electron chi connectivity index (χ3n) is 3.83. The van der Waals surface area contributed by atoms with Gasteiger partial charge < -0.3 is 4.74 Å². The highest BCUT2D eigenvalue weighted by atomic mass is 16.5. The first-order valence-corrected chi connectivity index (χ1v) is 8.29. The first-order valence-electron chi connectivity index (χ1n) is 8.29. The summed E-state index contributed by atoms with van der Waals surface area (Å²) in [5, 5.41) is 21.1. The fourth-order valence-corrected chi connectivity index (χ4v) is 2.42. The van der Waals surface area contributed by atoms with E-state index in [2.05, 4.69) is 10.5 Å². The molecule has 0 aliphatic heterocycles. The van der Waals surface area contributed by atoms with E-state index in [1.54, 1.807) is 12.1 Å². The first-order chi connectivity index (χ1) is 13.3. The van der Waals surface area contributed by atoms with Gasteiger partial charge in [-0.05, 0) is 41.0 Å². The first kappa shape index (κ1) is 17.7. The predicted molar refractivity (Wildman–Crippen MR) is 105 cm³/mol. The Morgan fingerprint density at radius 3 is 2.00 bits per heavy atom. The summed E-state index contributed by atoms with van der Waals surface area (Å²) < 4.78 is 5.80. The number of nitrogens with zero attached hydrogens (tertiary/aromatic N) is 3. The molecule has 3 aromatic carbocycles. The van der Waals surface area contributed by atoms with Gasteiger partial charge in [-0.1, -0.05) is 54.6 Å². The summed E-state index contributed by atoms with van der Waals surface area (Å²) in [5.74, 6) is 0.816. The van der Waals surface area contributed by atoms with Crippen molar-refractivity contribution >= 4 is 11.4 Å². The molecular weight excluding hydrogens is 336 g/mol. The number of nitriles is 2. The fourth-order valence-electron chi connectivity index (χ4n) is 2.42. The van der Waals surface area contributed by atoms with E-state index in [1.165, 1.54) is 0 Å². The molecule has 130 valence electrons. The molecule has 3 rings (SSSR count). The molecule has 0 aliphatic carbocycles. The Kier molecular flexibility index (Phi) is 5.81. The van der Waals surface area contributed by atoms with Gasteiger partial charge in [0.25, 0.3) is 0 Å². The zero-order chi connectivity index (χ0) is 18.9. The Morgan fingerprint density at radius 1 is 0.815 bits per heavy atom. The van der Waals surface area contributed by atoms with Gasteiger partial charge in [-0.3, -0.25) is 5.43 Å². The highest BCUT2D eigenvalue weighted by Gasteiger charge is 2.01. The molecule has 0 fully saturated rings. The lowest BCUT2D eigenvalue weighted by atomic mass is 10.1. The molecular formula is C22H16N4O. The number of anilines is 1. The zero-order valence-corrected chi connectivity index (χ0v) is 14.5. The van der Waals surface area contributed by atoms with Crippen LogP contribution >= 0.6 is 0 Å². The van der Waals surface area contributed by atoms with Gasteiger partial charge in [0.1, 0.15) is 24.5 Å². The maximum absolute atomic E-state index is 8.67. The molecule has 0 aliphatic rings. The SMILES string of the molecule is N#CC(C#N)=NNc1ccc(-c2ccc(OCc3ccccc3)cc2)cc1. The predicted octanol–water partition coefficient (Wildman–Crippen LogP) is 4.75. The van der Waals surface area contributed by atoms with E-state index in [9.17, 15) is 0 Å². The molecule has 5 nitrogen and oxygen atoms in total. The third-order valence-corrected chi connectivity index (χ3v) is 3.83. The molecule has 0 saturated carbocycles. The Labute approximate surface area is 157 Å². The van der Waals surface area contributed by atoms with E-state index in [4.69, 9.17) is 15.3 Å². The van der Waals surface area contributed by atoms with Crippen molar-refractivity contribution in [3.63, 3.8) is 0 Å². The topological polar surface area (TPSA) is 81.2 Å². The van der Waals surface area contributed by atoms with Crippen LogP contribution in [-0.2, 0) is 6.61 Å². The minimum atomic E-state index is -0.217. The number of nitrogens with one attached hydrogen (secondary N) is 1. The molecule has 0 bridgehead atoms. The van der Waals surface area contributed by atoms with Gasteiger partial charge in [0, 0.05) is 0 Å². The quantitative estimate of drug-likeness (QED) is 0.513. The number of hydrogen-bond donors (Lipinski definition) is 1. The monoisotopic (exact) mass is 352 g/mol. The van der Waals surface area contributed by atoms with Gasteiger partial charge >= 0.3 is 0 Å². The van der Waals surface area contributed by atoms with Crippen LogP contribution < -0.4 is 10.2 Å². The normalized spacial score (nSPS) is 9.56. The van der Waals surface area contributed by atoms with Crippen molar-refractivity contribution in [1.29, 1.82) is 10.5 Å². The molecule has 5 heteroatoms. The molecule has 0 saturated heterocycles. The van der Waals surface area contributed by atoms with E-state index in [-0.39, 0.29) is 5.71 Å². The van der Waals surface area contributed by atoms with Gasteiger partial charge in [-0.2, -0.15) is 15.6 Å². The lowest BCUT2D eigenvalue weighted by Gasteiger charge is -2.08. The Morgan fingerprint density at radius 2 is 1.41 bits per heavy atom. The molecule has 0 heterocycles. The van der Waals surface area contributed by atoms with Crippen LogP contribution in [-0.4, -0.2) is 5.71 Å². The molecule has 0 spiro atoms. The number of ether oxygens (including phenoxy) is 1. The summed E-state index contributed by atoms with van der Waals surface area (Å²) in [6, 6.07) is 28.9. The fraction of sp³-hybridized carbons (Fsp3) is 0.0455. The zero-order valence-electron chi connectivity index (χ0n) is 14.5. The molecule has 1 N–H and O–H groups in total. The average molecular weight is 352 g/mol. The average Bonchev–Trinajstić information content (AvgIpc) is 2.74. The molecule has 0 radical (unpaired) electrons. The molecule has 0 atom stereocenters. The van der Waals surface area contributed by atoms with Crippen LogP contribution in [0.25, 0.3) is 11.1 Å². The number of hydrogen-bond acceptors (Lipinski definition) is 5. The summed E-state index contributed by atoms with van der Waals surface area (Å²) in [5.41, 5.74) is 6.40. The van der Waals surface area contributed by atoms with E-state index < -0.39 is 0 Å². The Hall–Kier alpha value is -4.09. The minimum Gasteiger partial charge on any atom is -0.489 e. The smallest absolute Gasteiger partial charge is 0.237 e. The molecule has 27 heavy (non-hydrogen) atoms. The lowest BCUT2D eigenvalue weighted by Crippen LogP contribution is -1.96. The summed E-state index contributed by atoms with van der Waals surface area (Å²) in [7, 11) is 0. The van der Waals surface area contributed by atoms with Crippen LogP contribution in [0, 0.1) is 22.7 Å². The lowest BCUT2D eigenvalue weighted by molar-refractivity contribution is 0.306. The highest BCUT2D eigenvalue weighted by molar-refractivity contribution is 6.10. The highest BCUT2D eigenvalue weighted by Crippen LogP contribution is 2.24. The van der Waals surface area contributed by atoms with Crippen molar-refractivity contribution < 1.29 is 4.74 Å². The van der Waals surface area contributed by atoms with E-state index in [1.807, 2.05) is 78.9 Å². The van der Waals surface area contributed by atoms with Crippen LogP contribution in [0.1, 0.15) is 5.56 Å². The Bertz CT molecular complexity index is 979. The van der Waals surface area contributed by atoms with Crippen LogP contribution in [0.4, 0.5) is 5.69 Å². The second kappa shape index (κ2) is 8.84. The van der Waals surface area contributed by atoms with Gasteiger partial charge in [0.2, 0.25) is 5.71 Å². The number of benzene rings is 3. The van der Waals surface area contributed by atoms with Crippen molar-refractivity contribution in [2.24, 2.45) is 5.10 Å². The summed E-state index contributed by atoms with van der Waals surface area (Å²) >= 11 is 0. The standard InChI is InChI=1S/C22H16N4O/c23-14-21(15-24)26-25-20-10-6-18(7-11-20)19-8-12-22(13-9-19)27-16-17-4-2-1-3-5-17/h1-13,25H,16H2. The second-order valence-electron chi connectivity index (χ2n) is 5.67. The molecule has 3 aromatic rings. The minimum absolute atomic E-state index is 0.217.